The van der Waals surface area contributed by atoms with Gasteiger partial charge in [-0.1, -0.05) is 18.2 Å². The van der Waals surface area contributed by atoms with Gasteiger partial charge in [-0.25, -0.2) is 22.0 Å². The molecular weight excluding hydrogens is 253 g/mol. The molecule has 0 aliphatic carbocycles. The molecule has 2 rings (SSSR count). The highest BCUT2D eigenvalue weighted by Crippen LogP contribution is 2.29. The molecule has 0 radical (unpaired) electrons. The summed E-state index contributed by atoms with van der Waals surface area (Å²) in [6, 6.07) is 7.60. The fourth-order valence-corrected chi connectivity index (χ4v) is 1.38. The van der Waals surface area contributed by atoms with Crippen LogP contribution in [0.4, 0.5) is 33.3 Å². The van der Waals surface area contributed by atoms with Crippen LogP contribution in [0.1, 0.15) is 0 Å². The van der Waals surface area contributed by atoms with Gasteiger partial charge in [-0.2, -0.15) is 0 Å². The van der Waals surface area contributed by atoms with Gasteiger partial charge in [0.25, 0.3) is 0 Å². The van der Waals surface area contributed by atoms with E-state index in [0.717, 1.165) is 0 Å². The molecule has 2 aromatic rings. The molecule has 0 bridgehead atoms. The van der Waals surface area contributed by atoms with E-state index >= 15 is 0 Å². The predicted molar refractivity (Wildman–Crippen MR) is 56.0 cm³/mol. The summed E-state index contributed by atoms with van der Waals surface area (Å²) in [5.74, 6) is -9.92. The number of rotatable bonds is 2. The molecule has 1 nitrogen and oxygen atoms in total. The van der Waals surface area contributed by atoms with Crippen LogP contribution in [-0.2, 0) is 0 Å². The Kier molecular flexibility index (Phi) is 3.18. The summed E-state index contributed by atoms with van der Waals surface area (Å²) in [5, 5.41) is 2.15. The van der Waals surface area contributed by atoms with Crippen LogP contribution in [0.25, 0.3) is 0 Å². The maximum atomic E-state index is 13.3. The van der Waals surface area contributed by atoms with Crippen LogP contribution >= 0.6 is 0 Å². The standard InChI is InChI=1S/C12H6F5N/c13-7-8(14)10(16)12(11(17)9(7)15)18-6-4-2-1-3-5-6/h1-5,18H. The van der Waals surface area contributed by atoms with Gasteiger partial charge in [0.05, 0.1) is 0 Å². The van der Waals surface area contributed by atoms with Crippen LogP contribution in [0.15, 0.2) is 30.3 Å². The van der Waals surface area contributed by atoms with E-state index in [9.17, 15) is 22.0 Å². The smallest absolute Gasteiger partial charge is 0.200 e. The van der Waals surface area contributed by atoms with Crippen molar-refractivity contribution in [3.63, 3.8) is 0 Å². The van der Waals surface area contributed by atoms with Gasteiger partial charge in [-0.15, -0.1) is 0 Å². The lowest BCUT2D eigenvalue weighted by atomic mass is 10.2. The van der Waals surface area contributed by atoms with Gasteiger partial charge in [-0.3, -0.25) is 0 Å². The molecule has 0 amide bonds. The van der Waals surface area contributed by atoms with Crippen molar-refractivity contribution < 1.29 is 22.0 Å². The number of halogens is 5. The van der Waals surface area contributed by atoms with E-state index in [1.165, 1.54) is 12.1 Å². The lowest BCUT2D eigenvalue weighted by Gasteiger charge is -2.10. The van der Waals surface area contributed by atoms with E-state index in [0.29, 0.717) is 0 Å². The molecule has 6 heteroatoms. The Labute approximate surface area is 98.9 Å². The third kappa shape index (κ3) is 2.01. The van der Waals surface area contributed by atoms with Gasteiger partial charge in [-0.05, 0) is 12.1 Å². The topological polar surface area (TPSA) is 12.0 Å². The highest BCUT2D eigenvalue weighted by Gasteiger charge is 2.25. The molecule has 0 unspecified atom stereocenters. The van der Waals surface area contributed by atoms with Crippen LogP contribution in [0.3, 0.4) is 0 Å². The van der Waals surface area contributed by atoms with Gasteiger partial charge in [0.15, 0.2) is 23.3 Å². The molecule has 0 atom stereocenters. The summed E-state index contributed by atoms with van der Waals surface area (Å²) in [5.41, 5.74) is -0.863. The molecule has 0 aromatic heterocycles. The fourth-order valence-electron chi connectivity index (χ4n) is 1.38. The molecule has 94 valence electrons. The van der Waals surface area contributed by atoms with Crippen molar-refractivity contribution in [1.29, 1.82) is 0 Å². The molecule has 2 aromatic carbocycles. The van der Waals surface area contributed by atoms with E-state index in [1.807, 2.05) is 0 Å². The Balaban J connectivity index is 2.52. The van der Waals surface area contributed by atoms with Crippen molar-refractivity contribution in [3.8, 4) is 0 Å². The molecule has 0 saturated heterocycles. The maximum Gasteiger partial charge on any atom is 0.200 e. The van der Waals surface area contributed by atoms with Gasteiger partial charge in [0.1, 0.15) is 5.69 Å². The molecule has 0 aliphatic heterocycles. The number of para-hydroxylation sites is 1. The van der Waals surface area contributed by atoms with Crippen LogP contribution in [0, 0.1) is 29.1 Å². The number of anilines is 2. The summed E-state index contributed by atoms with van der Waals surface area (Å²) >= 11 is 0. The second-order valence-electron chi connectivity index (χ2n) is 3.44. The van der Waals surface area contributed by atoms with Crippen molar-refractivity contribution in [2.24, 2.45) is 0 Å². The second kappa shape index (κ2) is 4.64. The zero-order chi connectivity index (χ0) is 13.3. The van der Waals surface area contributed by atoms with Crippen LogP contribution < -0.4 is 5.32 Å². The monoisotopic (exact) mass is 259 g/mol. The van der Waals surface area contributed by atoms with Crippen LogP contribution in [0.2, 0.25) is 0 Å². The first-order chi connectivity index (χ1) is 8.52. The van der Waals surface area contributed by atoms with Gasteiger partial charge < -0.3 is 5.32 Å². The lowest BCUT2D eigenvalue weighted by Crippen LogP contribution is -2.06. The molecule has 0 spiro atoms. The van der Waals surface area contributed by atoms with E-state index < -0.39 is 34.8 Å². The Morgan fingerprint density at radius 3 is 1.56 bits per heavy atom. The molecule has 1 N–H and O–H groups in total. The minimum Gasteiger partial charge on any atom is -0.351 e. The van der Waals surface area contributed by atoms with Crippen molar-refractivity contribution in [2.75, 3.05) is 5.32 Å². The second-order valence-corrected chi connectivity index (χ2v) is 3.44. The first-order valence-electron chi connectivity index (χ1n) is 4.86. The predicted octanol–water partition coefficient (Wildman–Crippen LogP) is 4.13. The average Bonchev–Trinajstić information content (AvgIpc) is 2.40. The van der Waals surface area contributed by atoms with Crippen molar-refractivity contribution in [2.45, 2.75) is 0 Å². The molecule has 0 heterocycles. The number of hydrogen-bond acceptors (Lipinski definition) is 1. The molecule has 0 fully saturated rings. The third-order valence-corrected chi connectivity index (χ3v) is 2.25. The minimum atomic E-state index is -2.18. The van der Waals surface area contributed by atoms with Gasteiger partial charge >= 0.3 is 0 Å². The minimum absolute atomic E-state index is 0.209. The first-order valence-corrected chi connectivity index (χ1v) is 4.86. The Hall–Kier alpha value is -2.11. The van der Waals surface area contributed by atoms with E-state index in [-0.39, 0.29) is 5.69 Å². The Bertz CT molecular complexity index is 554. The number of hydrogen-bond donors (Lipinski definition) is 1. The average molecular weight is 259 g/mol. The Morgan fingerprint density at radius 2 is 1.06 bits per heavy atom. The van der Waals surface area contributed by atoms with E-state index in [4.69, 9.17) is 0 Å². The highest BCUT2D eigenvalue weighted by molar-refractivity contribution is 5.61. The summed E-state index contributed by atoms with van der Waals surface area (Å²) in [6.07, 6.45) is 0. The van der Waals surface area contributed by atoms with Gasteiger partial charge in [0.2, 0.25) is 5.82 Å². The molecule has 18 heavy (non-hydrogen) atoms. The normalized spacial score (nSPS) is 10.5. The molecule has 0 aliphatic rings. The largest absolute Gasteiger partial charge is 0.351 e. The summed E-state index contributed by atoms with van der Waals surface area (Å²) in [7, 11) is 0. The van der Waals surface area contributed by atoms with Crippen LogP contribution in [-0.4, -0.2) is 0 Å². The highest BCUT2D eigenvalue weighted by atomic mass is 19.2. The van der Waals surface area contributed by atoms with Crippen molar-refractivity contribution in [3.05, 3.63) is 59.4 Å². The zero-order valence-corrected chi connectivity index (χ0v) is 8.78. The van der Waals surface area contributed by atoms with Crippen LogP contribution in [0.5, 0.6) is 0 Å². The van der Waals surface area contributed by atoms with E-state index in [1.54, 1.807) is 18.2 Å². The maximum absolute atomic E-state index is 13.3. The van der Waals surface area contributed by atoms with Crippen molar-refractivity contribution in [1.82, 2.24) is 0 Å². The molecular formula is C12H6F5N. The number of benzene rings is 2. The zero-order valence-electron chi connectivity index (χ0n) is 8.78. The third-order valence-electron chi connectivity index (χ3n) is 2.25. The quantitative estimate of drug-likeness (QED) is 0.486. The summed E-state index contributed by atoms with van der Waals surface area (Å²) in [4.78, 5) is 0. The lowest BCUT2D eigenvalue weighted by molar-refractivity contribution is 0.382. The summed E-state index contributed by atoms with van der Waals surface area (Å²) < 4.78 is 65.2. The Morgan fingerprint density at radius 1 is 0.611 bits per heavy atom. The fraction of sp³-hybridized carbons (Fsp3) is 0. The first kappa shape index (κ1) is 12.3. The number of nitrogens with one attached hydrogen (secondary N) is 1. The SMILES string of the molecule is Fc1c(F)c(F)c(Nc2ccccc2)c(F)c1F. The van der Waals surface area contributed by atoms with Crippen molar-refractivity contribution >= 4 is 11.4 Å². The van der Waals surface area contributed by atoms with Gasteiger partial charge in [0, 0.05) is 5.69 Å². The molecule has 0 saturated carbocycles. The summed E-state index contributed by atoms with van der Waals surface area (Å²) in [6.45, 7) is 0. The van der Waals surface area contributed by atoms with E-state index in [2.05, 4.69) is 5.32 Å².